The van der Waals surface area contributed by atoms with E-state index in [1.54, 1.807) is 13.8 Å². The van der Waals surface area contributed by atoms with Gasteiger partial charge in [0.05, 0.1) is 0 Å². The van der Waals surface area contributed by atoms with Crippen LogP contribution in [0.3, 0.4) is 0 Å². The monoisotopic (exact) mass is 891 g/mol. The quantitative estimate of drug-likeness (QED) is 0.142. The molecule has 1 unspecified atom stereocenters. The molecule has 3 aromatic heterocycles. The molecule has 0 fully saturated rings. The van der Waals surface area contributed by atoms with Gasteiger partial charge in [0.2, 0.25) is 17.1 Å². The van der Waals surface area contributed by atoms with Gasteiger partial charge in [-0.2, -0.15) is 0 Å². The SMILES string of the molecule is CCc1ccc(-c2ccccc2C)[n+](C)c1.Cc1ccccc1N1C=CN(c2ccccc2)C1C.[2H]C([2H])(C)c1cc[n+](C)c(-c2ccccc2C)c1.[2H]C([2H])(C)c1ccc(-c2ccccc2C)[n+](C)c1. The predicted molar refractivity (Wildman–Crippen MR) is 283 cm³/mol. The summed E-state index contributed by atoms with van der Waals surface area (Å²) in [7, 11) is 6.05. The summed E-state index contributed by atoms with van der Waals surface area (Å²) < 4.78 is 37.3. The molecule has 67 heavy (non-hydrogen) atoms. The molecule has 1 aliphatic heterocycles. The van der Waals surface area contributed by atoms with Crippen molar-refractivity contribution in [3.63, 3.8) is 0 Å². The van der Waals surface area contributed by atoms with E-state index in [2.05, 4.69) is 191 Å². The molecule has 342 valence electrons. The third-order valence-corrected chi connectivity index (χ3v) is 12.4. The third kappa shape index (κ3) is 12.6. The fourth-order valence-corrected chi connectivity index (χ4v) is 8.33. The Kier molecular flexibility index (Phi) is 15.6. The average molecular weight is 891 g/mol. The first-order valence-corrected chi connectivity index (χ1v) is 23.3. The fourth-order valence-electron chi connectivity index (χ4n) is 8.33. The molecule has 0 amide bonds. The van der Waals surface area contributed by atoms with Crippen molar-refractivity contribution >= 4 is 11.4 Å². The Morgan fingerprint density at radius 1 is 0.448 bits per heavy atom. The summed E-state index contributed by atoms with van der Waals surface area (Å²) in [6.45, 7) is 16.0. The zero-order valence-corrected chi connectivity index (χ0v) is 41.5. The van der Waals surface area contributed by atoms with Gasteiger partial charge < -0.3 is 9.80 Å². The molecule has 4 heterocycles. The Balaban J connectivity index is 0.000000155. The molecule has 1 atom stereocenters. The number of nitrogens with zero attached hydrogens (tertiary/aromatic N) is 5. The van der Waals surface area contributed by atoms with Crippen LogP contribution in [-0.2, 0) is 40.3 Å². The van der Waals surface area contributed by atoms with Gasteiger partial charge in [0.25, 0.3) is 0 Å². The van der Waals surface area contributed by atoms with Crippen molar-refractivity contribution in [2.75, 3.05) is 9.80 Å². The normalized spacial score (nSPS) is 13.9. The molecule has 0 bridgehead atoms. The Hall–Kier alpha value is -7.11. The number of aromatic nitrogens is 3. The number of anilines is 2. The van der Waals surface area contributed by atoms with Gasteiger partial charge in [-0.25, -0.2) is 13.7 Å². The summed E-state index contributed by atoms with van der Waals surface area (Å²) in [6, 6.07) is 55.9. The van der Waals surface area contributed by atoms with Crippen LogP contribution in [0.15, 0.2) is 195 Å². The van der Waals surface area contributed by atoms with E-state index in [1.807, 2.05) is 90.2 Å². The second kappa shape index (κ2) is 23.9. The standard InChI is InChI=1S/C17H18N2.3C15H18N/c1-14-8-6-7-11-17(14)19-13-12-18(15(19)2)16-9-4-3-5-10-16;1-4-13-9-10-16(3)15(11-13)14-8-6-5-7-12(14)2;2*1-4-13-9-10-15(16(3)11-13)14-8-6-5-7-12(14)2/h3-13,15H,1-2H3;3*5-11H,4H2,1-3H3/q;3*+1/i;2*4D2;. The summed E-state index contributed by atoms with van der Waals surface area (Å²) in [4.78, 5) is 4.59. The molecule has 5 nitrogen and oxygen atoms in total. The van der Waals surface area contributed by atoms with Gasteiger partial charge in [-0.15, -0.1) is 0 Å². The van der Waals surface area contributed by atoms with Crippen molar-refractivity contribution < 1.29 is 19.2 Å². The van der Waals surface area contributed by atoms with Crippen molar-refractivity contribution in [3.8, 4) is 33.8 Å². The van der Waals surface area contributed by atoms with Crippen LogP contribution in [0, 0.1) is 27.7 Å². The van der Waals surface area contributed by atoms with Crippen LogP contribution in [0.4, 0.5) is 11.4 Å². The first kappa shape index (κ1) is 43.8. The molecule has 0 spiro atoms. The molecule has 9 rings (SSSR count). The van der Waals surface area contributed by atoms with Gasteiger partial charge in [-0.05, 0) is 130 Å². The molecule has 0 saturated heterocycles. The molecular formula is C62H72N5+3. The second-order valence-electron chi connectivity index (χ2n) is 17.0. The van der Waals surface area contributed by atoms with Crippen molar-refractivity contribution in [3.05, 3.63) is 234 Å². The number of hydrogen-bond donors (Lipinski definition) is 0. The van der Waals surface area contributed by atoms with Gasteiger partial charge in [-0.1, -0.05) is 112 Å². The summed E-state index contributed by atoms with van der Waals surface area (Å²) in [6.07, 6.45) is 9.05. The highest BCUT2D eigenvalue weighted by atomic mass is 15.4. The van der Waals surface area contributed by atoms with Crippen molar-refractivity contribution in [2.24, 2.45) is 21.1 Å². The molecule has 5 aromatic carbocycles. The number of pyridine rings is 3. The maximum Gasteiger partial charge on any atom is 0.212 e. The minimum Gasteiger partial charge on any atom is -0.326 e. The topological polar surface area (TPSA) is 18.1 Å². The molecule has 0 radical (unpaired) electrons. The number of para-hydroxylation sites is 2. The number of aryl methyl sites for hydroxylation is 10. The summed E-state index contributed by atoms with van der Waals surface area (Å²) >= 11 is 0. The zero-order valence-electron chi connectivity index (χ0n) is 45.5. The lowest BCUT2D eigenvalue weighted by atomic mass is 10.0. The van der Waals surface area contributed by atoms with Gasteiger partial charge >= 0.3 is 0 Å². The Morgan fingerprint density at radius 3 is 1.39 bits per heavy atom. The van der Waals surface area contributed by atoms with E-state index in [1.165, 1.54) is 56.0 Å². The number of rotatable bonds is 8. The Morgan fingerprint density at radius 2 is 0.896 bits per heavy atom. The van der Waals surface area contributed by atoms with Crippen LogP contribution in [0.25, 0.3) is 33.8 Å². The van der Waals surface area contributed by atoms with Crippen LogP contribution >= 0.6 is 0 Å². The molecule has 0 saturated carbocycles. The maximum absolute atomic E-state index is 7.81. The predicted octanol–water partition coefficient (Wildman–Crippen LogP) is 13.3. The lowest BCUT2D eigenvalue weighted by molar-refractivity contribution is -0.660. The van der Waals surface area contributed by atoms with Crippen LogP contribution < -0.4 is 23.5 Å². The average Bonchev–Trinajstić information content (AvgIpc) is 3.73. The van der Waals surface area contributed by atoms with E-state index in [-0.39, 0.29) is 0 Å². The van der Waals surface area contributed by atoms with E-state index in [9.17, 15) is 0 Å². The van der Waals surface area contributed by atoms with Gasteiger partial charge in [0.15, 0.2) is 18.6 Å². The van der Waals surface area contributed by atoms with Crippen LogP contribution in [-0.4, -0.2) is 6.17 Å². The highest BCUT2D eigenvalue weighted by Gasteiger charge is 2.25. The summed E-state index contributed by atoms with van der Waals surface area (Å²) in [5.74, 6) is 0. The first-order valence-electron chi connectivity index (χ1n) is 25.3. The Bertz CT molecular complexity index is 3060. The first-order chi connectivity index (χ1) is 33.8. The molecule has 1 aliphatic rings. The zero-order chi connectivity index (χ0) is 51.5. The largest absolute Gasteiger partial charge is 0.326 e. The lowest BCUT2D eigenvalue weighted by Crippen LogP contribution is -2.36. The molecule has 8 aromatic rings. The molecule has 0 N–H and O–H groups in total. The lowest BCUT2D eigenvalue weighted by Gasteiger charge is -2.30. The summed E-state index contributed by atoms with van der Waals surface area (Å²) in [5, 5.41) is 0. The van der Waals surface area contributed by atoms with Gasteiger partial charge in [0, 0.05) is 81.3 Å². The van der Waals surface area contributed by atoms with Crippen molar-refractivity contribution in [2.45, 2.75) is 80.7 Å². The molecule has 5 heteroatoms. The highest BCUT2D eigenvalue weighted by Crippen LogP contribution is 2.31. The van der Waals surface area contributed by atoms with E-state index in [4.69, 9.17) is 5.48 Å². The van der Waals surface area contributed by atoms with Gasteiger partial charge in [-0.3, -0.25) is 0 Å². The van der Waals surface area contributed by atoms with Crippen molar-refractivity contribution in [1.29, 1.82) is 0 Å². The Labute approximate surface area is 408 Å². The van der Waals surface area contributed by atoms with E-state index in [0.717, 1.165) is 23.4 Å². The van der Waals surface area contributed by atoms with Crippen molar-refractivity contribution in [1.82, 2.24) is 0 Å². The van der Waals surface area contributed by atoms with E-state index in [0.29, 0.717) is 17.3 Å². The van der Waals surface area contributed by atoms with Crippen LogP contribution in [0.5, 0.6) is 0 Å². The number of hydrogen-bond acceptors (Lipinski definition) is 2. The molecule has 0 aliphatic carbocycles. The minimum atomic E-state index is -1.31. The van der Waals surface area contributed by atoms with Crippen LogP contribution in [0.2, 0.25) is 0 Å². The van der Waals surface area contributed by atoms with E-state index < -0.39 is 12.7 Å². The van der Waals surface area contributed by atoms with Gasteiger partial charge in [0.1, 0.15) is 27.3 Å². The molecular weight excluding hydrogens is 815 g/mol. The second-order valence-corrected chi connectivity index (χ2v) is 17.0. The number of benzene rings is 5. The minimum absolute atomic E-state index is 0.295. The smallest absolute Gasteiger partial charge is 0.212 e. The van der Waals surface area contributed by atoms with Crippen LogP contribution in [0.1, 0.15) is 72.1 Å². The highest BCUT2D eigenvalue weighted by molar-refractivity contribution is 5.64. The maximum atomic E-state index is 7.81. The fraction of sp³-hybridized carbons (Fsp3) is 0.242. The third-order valence-electron chi connectivity index (χ3n) is 12.4. The van der Waals surface area contributed by atoms with E-state index >= 15 is 0 Å². The summed E-state index contributed by atoms with van der Waals surface area (Å²) in [5.41, 5.74) is 17.4.